The molecule has 4 heteroatoms. The Morgan fingerprint density at radius 1 is 1.08 bits per heavy atom. The van der Waals surface area contributed by atoms with Crippen molar-refractivity contribution in [3.05, 3.63) is 70.2 Å². The number of hydrogen-bond acceptors (Lipinski definition) is 2. The van der Waals surface area contributed by atoms with E-state index in [0.717, 1.165) is 16.6 Å². The Hall–Kier alpha value is -1.26. The van der Waals surface area contributed by atoms with Crippen molar-refractivity contribution in [1.29, 1.82) is 0 Å². The van der Waals surface area contributed by atoms with Crippen molar-refractivity contribution in [2.75, 3.05) is 5.75 Å². The van der Waals surface area contributed by atoms with E-state index >= 15 is 0 Å². The van der Waals surface area contributed by atoms with Gasteiger partial charge in [0.05, 0.1) is 11.8 Å². The molecule has 0 unspecified atom stereocenters. The summed E-state index contributed by atoms with van der Waals surface area (Å²) in [6.07, 6.45) is 0.952. The number of halogens is 1. The Kier molecular flexibility index (Phi) is 7.86. The molecule has 0 spiro atoms. The van der Waals surface area contributed by atoms with Crippen LogP contribution in [0.4, 0.5) is 0 Å². The summed E-state index contributed by atoms with van der Waals surface area (Å²) < 4.78 is 1.08. The first kappa shape index (κ1) is 19.1. The zero-order valence-electron chi connectivity index (χ0n) is 14.2. The second-order valence-electron chi connectivity index (χ2n) is 6.28. The lowest BCUT2D eigenvalue weighted by molar-refractivity contribution is -0.119. The number of nitrogens with one attached hydrogen (secondary N) is 1. The van der Waals surface area contributed by atoms with Crippen LogP contribution in [0.5, 0.6) is 0 Å². The number of rotatable bonds is 8. The van der Waals surface area contributed by atoms with Gasteiger partial charge < -0.3 is 5.32 Å². The number of carbonyl (C=O) groups excluding carboxylic acids is 1. The molecule has 0 radical (unpaired) electrons. The largest absolute Gasteiger partial charge is 0.349 e. The Bertz CT molecular complexity index is 628. The molecule has 1 N–H and O–H groups in total. The third-order valence-corrected chi connectivity index (χ3v) is 5.19. The SMILES string of the molecule is CC(C)C[C@H](NC(=O)CSCc1ccc(Br)cc1)c1ccccc1. The van der Waals surface area contributed by atoms with Crippen molar-refractivity contribution in [2.24, 2.45) is 5.92 Å². The zero-order chi connectivity index (χ0) is 17.4. The van der Waals surface area contributed by atoms with Gasteiger partial charge in [0.25, 0.3) is 0 Å². The van der Waals surface area contributed by atoms with E-state index in [4.69, 9.17) is 0 Å². The highest BCUT2D eigenvalue weighted by Gasteiger charge is 2.15. The third kappa shape index (κ3) is 6.70. The van der Waals surface area contributed by atoms with Crippen LogP contribution in [0, 0.1) is 5.92 Å². The van der Waals surface area contributed by atoms with Gasteiger partial charge in [0, 0.05) is 10.2 Å². The van der Waals surface area contributed by atoms with Crippen molar-refractivity contribution in [1.82, 2.24) is 5.32 Å². The number of carbonyl (C=O) groups is 1. The summed E-state index contributed by atoms with van der Waals surface area (Å²) in [6, 6.07) is 18.5. The van der Waals surface area contributed by atoms with Crippen LogP contribution in [-0.4, -0.2) is 11.7 Å². The molecule has 2 aromatic rings. The molecule has 1 amide bonds. The van der Waals surface area contributed by atoms with Gasteiger partial charge in [-0.25, -0.2) is 0 Å². The monoisotopic (exact) mass is 405 g/mol. The van der Waals surface area contributed by atoms with Gasteiger partial charge in [0.15, 0.2) is 0 Å². The quantitative estimate of drug-likeness (QED) is 0.620. The molecule has 0 aromatic heterocycles. The minimum atomic E-state index is 0.0898. The van der Waals surface area contributed by atoms with Crippen molar-refractivity contribution in [2.45, 2.75) is 32.1 Å². The summed E-state index contributed by atoms with van der Waals surface area (Å²) in [6.45, 7) is 4.37. The summed E-state index contributed by atoms with van der Waals surface area (Å²) in [5.74, 6) is 1.97. The molecule has 2 rings (SSSR count). The molecule has 2 nitrogen and oxygen atoms in total. The van der Waals surface area contributed by atoms with Crippen LogP contribution in [0.15, 0.2) is 59.1 Å². The van der Waals surface area contributed by atoms with Crippen LogP contribution in [-0.2, 0) is 10.5 Å². The molecule has 0 saturated carbocycles. The lowest BCUT2D eigenvalue weighted by Gasteiger charge is -2.21. The van der Waals surface area contributed by atoms with E-state index in [2.05, 4.69) is 59.4 Å². The highest BCUT2D eigenvalue weighted by Crippen LogP contribution is 2.22. The smallest absolute Gasteiger partial charge is 0.230 e. The summed E-state index contributed by atoms with van der Waals surface area (Å²) >= 11 is 5.08. The van der Waals surface area contributed by atoms with E-state index < -0.39 is 0 Å². The minimum absolute atomic E-state index is 0.0898. The average molecular weight is 406 g/mol. The van der Waals surface area contributed by atoms with E-state index in [9.17, 15) is 4.79 Å². The van der Waals surface area contributed by atoms with Gasteiger partial charge in [-0.15, -0.1) is 11.8 Å². The molecule has 0 fully saturated rings. The van der Waals surface area contributed by atoms with E-state index in [0.29, 0.717) is 11.7 Å². The lowest BCUT2D eigenvalue weighted by atomic mass is 9.97. The molecule has 0 heterocycles. The van der Waals surface area contributed by atoms with Gasteiger partial charge in [-0.1, -0.05) is 72.2 Å². The maximum atomic E-state index is 12.3. The highest BCUT2D eigenvalue weighted by atomic mass is 79.9. The van der Waals surface area contributed by atoms with Crippen molar-refractivity contribution >= 4 is 33.6 Å². The van der Waals surface area contributed by atoms with Crippen LogP contribution in [0.2, 0.25) is 0 Å². The first-order valence-corrected chi connectivity index (χ1v) is 10.2. The lowest BCUT2D eigenvalue weighted by Crippen LogP contribution is -2.30. The van der Waals surface area contributed by atoms with E-state index in [1.54, 1.807) is 11.8 Å². The van der Waals surface area contributed by atoms with Crippen LogP contribution in [0.3, 0.4) is 0 Å². The molecular formula is C20H24BrNOS. The van der Waals surface area contributed by atoms with Crippen LogP contribution >= 0.6 is 27.7 Å². The van der Waals surface area contributed by atoms with E-state index in [1.165, 1.54) is 11.1 Å². The second-order valence-corrected chi connectivity index (χ2v) is 8.18. The first-order chi connectivity index (χ1) is 11.5. The second kappa shape index (κ2) is 9.90. The van der Waals surface area contributed by atoms with Crippen molar-refractivity contribution in [3.8, 4) is 0 Å². The molecule has 0 aliphatic heterocycles. The Balaban J connectivity index is 1.85. The minimum Gasteiger partial charge on any atom is -0.349 e. The molecule has 1 atom stereocenters. The fourth-order valence-corrected chi connectivity index (χ4v) is 3.58. The maximum Gasteiger partial charge on any atom is 0.230 e. The Morgan fingerprint density at radius 2 is 1.75 bits per heavy atom. The summed E-state index contributed by atoms with van der Waals surface area (Å²) in [7, 11) is 0. The van der Waals surface area contributed by atoms with Crippen LogP contribution < -0.4 is 5.32 Å². The summed E-state index contributed by atoms with van der Waals surface area (Å²) in [5.41, 5.74) is 2.41. The van der Waals surface area contributed by atoms with Crippen LogP contribution in [0.25, 0.3) is 0 Å². The molecular weight excluding hydrogens is 382 g/mol. The normalized spacial score (nSPS) is 12.2. The zero-order valence-corrected chi connectivity index (χ0v) is 16.6. The molecule has 128 valence electrons. The Labute approximate surface area is 157 Å². The molecule has 0 aliphatic rings. The van der Waals surface area contributed by atoms with Gasteiger partial charge in [-0.2, -0.15) is 0 Å². The predicted molar refractivity (Wildman–Crippen MR) is 107 cm³/mol. The van der Waals surface area contributed by atoms with Gasteiger partial charge >= 0.3 is 0 Å². The molecule has 24 heavy (non-hydrogen) atoms. The van der Waals surface area contributed by atoms with Gasteiger partial charge in [0.2, 0.25) is 5.91 Å². The fourth-order valence-electron chi connectivity index (χ4n) is 2.51. The summed E-state index contributed by atoms with van der Waals surface area (Å²) in [5, 5.41) is 3.19. The van der Waals surface area contributed by atoms with Crippen molar-refractivity contribution in [3.63, 3.8) is 0 Å². The standard InChI is InChI=1S/C20H24BrNOS/c1-15(2)12-19(17-6-4-3-5-7-17)22-20(23)14-24-13-16-8-10-18(21)11-9-16/h3-11,15,19H,12-14H2,1-2H3,(H,22,23)/t19-/m0/s1. The molecule has 2 aromatic carbocycles. The maximum absolute atomic E-state index is 12.3. The molecule has 0 bridgehead atoms. The number of benzene rings is 2. The van der Waals surface area contributed by atoms with E-state index in [-0.39, 0.29) is 11.9 Å². The first-order valence-electron chi connectivity index (χ1n) is 8.21. The average Bonchev–Trinajstić information content (AvgIpc) is 2.56. The summed E-state index contributed by atoms with van der Waals surface area (Å²) in [4.78, 5) is 12.3. The number of thioether (sulfide) groups is 1. The third-order valence-electron chi connectivity index (χ3n) is 3.66. The fraction of sp³-hybridized carbons (Fsp3) is 0.350. The van der Waals surface area contributed by atoms with E-state index in [1.807, 2.05) is 30.3 Å². The number of amides is 1. The van der Waals surface area contributed by atoms with Crippen LogP contribution in [0.1, 0.15) is 37.4 Å². The van der Waals surface area contributed by atoms with Gasteiger partial charge in [-0.3, -0.25) is 4.79 Å². The topological polar surface area (TPSA) is 29.1 Å². The Morgan fingerprint density at radius 3 is 2.38 bits per heavy atom. The number of hydrogen-bond donors (Lipinski definition) is 1. The van der Waals surface area contributed by atoms with Crippen molar-refractivity contribution < 1.29 is 4.79 Å². The molecule has 0 aliphatic carbocycles. The highest BCUT2D eigenvalue weighted by molar-refractivity contribution is 9.10. The predicted octanol–water partition coefficient (Wildman–Crippen LogP) is 5.59. The van der Waals surface area contributed by atoms with Gasteiger partial charge in [-0.05, 0) is 35.6 Å². The molecule has 0 saturated heterocycles. The van der Waals surface area contributed by atoms with Gasteiger partial charge in [0.1, 0.15) is 0 Å².